The molecule has 4 heteroatoms. The largest absolute Gasteiger partial charge is 0.392 e. The minimum Gasteiger partial charge on any atom is -0.392 e. The minimum absolute atomic E-state index is 0.0790. The first-order valence-electron chi connectivity index (χ1n) is 6.48. The van der Waals surface area contributed by atoms with Crippen LogP contribution in [0.5, 0.6) is 0 Å². The molecule has 102 valence electrons. The summed E-state index contributed by atoms with van der Waals surface area (Å²) in [6.07, 6.45) is 4.13. The zero-order valence-corrected chi connectivity index (χ0v) is 12.6. The van der Waals surface area contributed by atoms with Crippen molar-refractivity contribution in [2.45, 2.75) is 39.3 Å². The molecule has 1 aromatic rings. The summed E-state index contributed by atoms with van der Waals surface area (Å²) in [4.78, 5) is 6.89. The predicted molar refractivity (Wildman–Crippen MR) is 80.4 cm³/mol. The van der Waals surface area contributed by atoms with Crippen LogP contribution in [0.1, 0.15) is 31.5 Å². The molecule has 3 nitrogen and oxygen atoms in total. The Morgan fingerprint density at radius 2 is 2.11 bits per heavy atom. The predicted octanol–water partition coefficient (Wildman–Crippen LogP) is 2.71. The van der Waals surface area contributed by atoms with Gasteiger partial charge in [-0.15, -0.1) is 0 Å². The van der Waals surface area contributed by atoms with Crippen LogP contribution in [0.2, 0.25) is 0 Å². The van der Waals surface area contributed by atoms with Crippen molar-refractivity contribution in [2.75, 3.05) is 24.0 Å². The third-order valence-electron chi connectivity index (χ3n) is 3.21. The number of aliphatic hydroxyl groups is 1. The van der Waals surface area contributed by atoms with Crippen molar-refractivity contribution < 1.29 is 5.11 Å². The van der Waals surface area contributed by atoms with Gasteiger partial charge in [-0.3, -0.25) is 0 Å². The van der Waals surface area contributed by atoms with E-state index in [1.807, 2.05) is 23.9 Å². The smallest absolute Gasteiger partial charge is 0.129 e. The van der Waals surface area contributed by atoms with E-state index in [0.29, 0.717) is 6.04 Å². The molecule has 0 saturated heterocycles. The highest BCUT2D eigenvalue weighted by Gasteiger charge is 2.15. The molecular weight excluding hydrogens is 244 g/mol. The number of aromatic nitrogens is 1. The fourth-order valence-electron chi connectivity index (χ4n) is 1.97. The second-order valence-corrected chi connectivity index (χ2v) is 5.38. The summed E-state index contributed by atoms with van der Waals surface area (Å²) in [6.45, 7) is 4.37. The number of aryl methyl sites for hydroxylation is 1. The lowest BCUT2D eigenvalue weighted by atomic mass is 10.1. The van der Waals surface area contributed by atoms with Crippen molar-refractivity contribution >= 4 is 17.6 Å². The summed E-state index contributed by atoms with van der Waals surface area (Å²) < 4.78 is 0. The second kappa shape index (κ2) is 7.64. The molecular formula is C14H24N2OS. The summed E-state index contributed by atoms with van der Waals surface area (Å²) in [7, 11) is 2.09. The van der Waals surface area contributed by atoms with Crippen LogP contribution in [0.3, 0.4) is 0 Å². The Bertz CT molecular complexity index is 349. The Hall–Kier alpha value is -0.740. The van der Waals surface area contributed by atoms with Crippen LogP contribution in [0.15, 0.2) is 12.1 Å². The van der Waals surface area contributed by atoms with Crippen molar-refractivity contribution in [1.29, 1.82) is 0 Å². The van der Waals surface area contributed by atoms with Crippen molar-refractivity contribution in [2.24, 2.45) is 0 Å². The average Bonchev–Trinajstić information content (AvgIpc) is 2.43. The molecule has 0 amide bonds. The number of nitrogens with zero attached hydrogens (tertiary/aromatic N) is 2. The summed E-state index contributed by atoms with van der Waals surface area (Å²) in [5.41, 5.74) is 1.99. The highest BCUT2D eigenvalue weighted by Crippen LogP contribution is 2.19. The van der Waals surface area contributed by atoms with Crippen LogP contribution in [-0.2, 0) is 13.0 Å². The van der Waals surface area contributed by atoms with Crippen LogP contribution in [0.4, 0.5) is 5.82 Å². The Morgan fingerprint density at radius 1 is 1.39 bits per heavy atom. The molecule has 0 aliphatic carbocycles. The lowest BCUT2D eigenvalue weighted by Crippen LogP contribution is -2.34. The summed E-state index contributed by atoms with van der Waals surface area (Å²) in [5, 5.41) is 9.31. The molecule has 18 heavy (non-hydrogen) atoms. The molecule has 1 aromatic heterocycles. The van der Waals surface area contributed by atoms with Crippen LogP contribution >= 0.6 is 11.8 Å². The maximum Gasteiger partial charge on any atom is 0.129 e. The highest BCUT2D eigenvalue weighted by molar-refractivity contribution is 7.98. The normalized spacial score (nSPS) is 12.5. The lowest BCUT2D eigenvalue weighted by Gasteiger charge is -2.28. The van der Waals surface area contributed by atoms with Gasteiger partial charge in [0.1, 0.15) is 5.82 Å². The monoisotopic (exact) mass is 268 g/mol. The fourth-order valence-corrected chi connectivity index (χ4v) is 2.81. The minimum atomic E-state index is 0.0790. The van der Waals surface area contributed by atoms with Crippen molar-refractivity contribution in [3.05, 3.63) is 23.4 Å². The molecule has 1 heterocycles. The molecule has 1 N–H and O–H groups in total. The van der Waals surface area contributed by atoms with Gasteiger partial charge >= 0.3 is 0 Å². The van der Waals surface area contributed by atoms with Gasteiger partial charge in [0.25, 0.3) is 0 Å². The third kappa shape index (κ3) is 3.89. The zero-order chi connectivity index (χ0) is 13.5. The Labute approximate surface area is 115 Å². The van der Waals surface area contributed by atoms with E-state index in [1.165, 1.54) is 0 Å². The molecule has 0 radical (unpaired) electrons. The topological polar surface area (TPSA) is 36.4 Å². The lowest BCUT2D eigenvalue weighted by molar-refractivity contribution is 0.281. The molecule has 1 rings (SSSR count). The van der Waals surface area contributed by atoms with Crippen molar-refractivity contribution in [1.82, 2.24) is 4.98 Å². The van der Waals surface area contributed by atoms with E-state index in [-0.39, 0.29) is 6.61 Å². The number of hydrogen-bond donors (Lipinski definition) is 1. The molecule has 0 spiro atoms. The van der Waals surface area contributed by atoms with Crippen molar-refractivity contribution in [3.63, 3.8) is 0 Å². The van der Waals surface area contributed by atoms with E-state index in [0.717, 1.165) is 35.7 Å². The number of pyridine rings is 1. The molecule has 0 aromatic carbocycles. The number of aliphatic hydroxyl groups excluding tert-OH is 1. The molecule has 1 atom stereocenters. The second-order valence-electron chi connectivity index (χ2n) is 4.46. The number of anilines is 1. The van der Waals surface area contributed by atoms with E-state index in [2.05, 4.69) is 37.0 Å². The molecule has 0 saturated carbocycles. The summed E-state index contributed by atoms with van der Waals surface area (Å²) in [6, 6.07) is 4.46. The molecule has 1 unspecified atom stereocenters. The van der Waals surface area contributed by atoms with Gasteiger partial charge in [-0.05, 0) is 36.8 Å². The van der Waals surface area contributed by atoms with Crippen LogP contribution in [0, 0.1) is 0 Å². The van der Waals surface area contributed by atoms with E-state index in [1.54, 1.807) is 0 Å². The van der Waals surface area contributed by atoms with Crippen LogP contribution in [-0.4, -0.2) is 35.2 Å². The van der Waals surface area contributed by atoms with Gasteiger partial charge in [0, 0.05) is 24.5 Å². The quantitative estimate of drug-likeness (QED) is 0.825. The number of hydrogen-bond acceptors (Lipinski definition) is 4. The molecule has 0 aliphatic heterocycles. The van der Waals surface area contributed by atoms with Crippen molar-refractivity contribution in [3.8, 4) is 0 Å². The molecule has 0 bridgehead atoms. The number of thioether (sulfide) groups is 1. The standard InChI is InChI=1S/C14H24N2OS/c1-5-12-7-11(9-17)8-14(15-12)16(3)13(6-2)10-18-4/h7-8,13,17H,5-6,9-10H2,1-4H3. The summed E-state index contributed by atoms with van der Waals surface area (Å²) >= 11 is 1.86. The highest BCUT2D eigenvalue weighted by atomic mass is 32.2. The third-order valence-corrected chi connectivity index (χ3v) is 3.93. The van der Waals surface area contributed by atoms with Gasteiger partial charge < -0.3 is 10.0 Å². The maximum absolute atomic E-state index is 9.31. The van der Waals surface area contributed by atoms with Crippen LogP contribution in [0.25, 0.3) is 0 Å². The van der Waals surface area contributed by atoms with Gasteiger partial charge in [-0.1, -0.05) is 13.8 Å². The zero-order valence-electron chi connectivity index (χ0n) is 11.8. The first kappa shape index (κ1) is 15.3. The van der Waals surface area contributed by atoms with Gasteiger partial charge in [-0.25, -0.2) is 4.98 Å². The molecule has 0 aliphatic rings. The number of rotatable bonds is 7. The summed E-state index contributed by atoms with van der Waals surface area (Å²) in [5.74, 6) is 2.07. The van der Waals surface area contributed by atoms with Gasteiger partial charge in [0.15, 0.2) is 0 Å². The Kier molecular flexibility index (Phi) is 6.50. The van der Waals surface area contributed by atoms with E-state index in [9.17, 15) is 5.11 Å². The van der Waals surface area contributed by atoms with Gasteiger partial charge in [0.05, 0.1) is 6.61 Å². The Balaban J connectivity index is 2.98. The SMILES string of the molecule is CCc1cc(CO)cc(N(C)C(CC)CSC)n1. The first-order chi connectivity index (χ1) is 8.65. The van der Waals surface area contributed by atoms with Crippen LogP contribution < -0.4 is 4.90 Å². The van der Waals surface area contributed by atoms with Gasteiger partial charge in [0.2, 0.25) is 0 Å². The molecule has 0 fully saturated rings. The van der Waals surface area contributed by atoms with E-state index in [4.69, 9.17) is 0 Å². The fraction of sp³-hybridized carbons (Fsp3) is 0.643. The Morgan fingerprint density at radius 3 is 2.61 bits per heavy atom. The van der Waals surface area contributed by atoms with Gasteiger partial charge in [-0.2, -0.15) is 11.8 Å². The van der Waals surface area contributed by atoms with E-state index < -0.39 is 0 Å². The average molecular weight is 268 g/mol. The first-order valence-corrected chi connectivity index (χ1v) is 7.88. The van der Waals surface area contributed by atoms with E-state index >= 15 is 0 Å². The maximum atomic E-state index is 9.31.